The van der Waals surface area contributed by atoms with Crippen LogP contribution in [0.2, 0.25) is 0 Å². The molecule has 0 aromatic carbocycles. The number of rotatable bonds is 3. The highest BCUT2D eigenvalue weighted by molar-refractivity contribution is 5.23. The van der Waals surface area contributed by atoms with Crippen LogP contribution in [0.5, 0.6) is 0 Å². The van der Waals surface area contributed by atoms with Crippen molar-refractivity contribution in [3.05, 3.63) is 17.2 Å². The Hall–Kier alpha value is -1.03. The van der Waals surface area contributed by atoms with E-state index in [-0.39, 0.29) is 0 Å². The molecule has 1 saturated heterocycles. The van der Waals surface area contributed by atoms with Crippen LogP contribution in [-0.2, 0) is 19.4 Å². The second-order valence-electron chi connectivity index (χ2n) is 6.27. The van der Waals surface area contributed by atoms with Gasteiger partial charge in [0.05, 0.1) is 11.4 Å². The molecule has 3 heterocycles. The maximum atomic E-state index is 4.92. The molecule has 2 aliphatic heterocycles. The van der Waals surface area contributed by atoms with Gasteiger partial charge in [-0.2, -0.15) is 0 Å². The Bertz CT molecular complexity index is 430. The van der Waals surface area contributed by atoms with Crippen molar-refractivity contribution in [1.82, 2.24) is 15.0 Å². The van der Waals surface area contributed by atoms with Gasteiger partial charge in [0.2, 0.25) is 0 Å². The fourth-order valence-electron chi connectivity index (χ4n) is 3.26. The summed E-state index contributed by atoms with van der Waals surface area (Å²) in [7, 11) is 0. The third-order valence-corrected chi connectivity index (χ3v) is 4.13. The zero-order valence-electron chi connectivity index (χ0n) is 12.3. The number of imidazole rings is 1. The highest BCUT2D eigenvalue weighted by atomic mass is 15.6. The summed E-state index contributed by atoms with van der Waals surface area (Å²) >= 11 is 0. The third-order valence-electron chi connectivity index (χ3n) is 4.13. The third kappa shape index (κ3) is 2.64. The zero-order chi connectivity index (χ0) is 13.2. The van der Waals surface area contributed by atoms with E-state index in [4.69, 9.17) is 4.98 Å². The first-order valence-electron chi connectivity index (χ1n) is 7.81. The molecule has 19 heavy (non-hydrogen) atoms. The average molecular weight is 262 g/mol. The van der Waals surface area contributed by atoms with Crippen LogP contribution in [0.3, 0.4) is 0 Å². The molecule has 0 bridgehead atoms. The van der Waals surface area contributed by atoms with Crippen LogP contribution >= 0.6 is 0 Å². The van der Waals surface area contributed by atoms with Crippen molar-refractivity contribution in [2.75, 3.05) is 24.6 Å². The molecule has 0 unspecified atom stereocenters. The molecule has 0 atom stereocenters. The number of hydrogen-bond donors (Lipinski definition) is 1. The maximum Gasteiger partial charge on any atom is 0.128 e. The van der Waals surface area contributed by atoms with E-state index >= 15 is 0 Å². The SMILES string of the molecule is CC(C)Cc1nc2c(n1N1CCCCC1)CCNC2. The van der Waals surface area contributed by atoms with Gasteiger partial charge >= 0.3 is 0 Å². The highest BCUT2D eigenvalue weighted by Crippen LogP contribution is 2.21. The van der Waals surface area contributed by atoms with Gasteiger partial charge in [-0.15, -0.1) is 0 Å². The smallest absolute Gasteiger partial charge is 0.128 e. The molecule has 3 rings (SSSR count). The summed E-state index contributed by atoms with van der Waals surface area (Å²) in [5.74, 6) is 1.95. The molecule has 0 aliphatic carbocycles. The van der Waals surface area contributed by atoms with E-state index in [1.807, 2.05) is 0 Å². The Morgan fingerprint density at radius 2 is 2.00 bits per heavy atom. The number of aromatic nitrogens is 2. The molecule has 0 amide bonds. The fourth-order valence-corrected chi connectivity index (χ4v) is 3.26. The van der Waals surface area contributed by atoms with Crippen LogP contribution in [0.25, 0.3) is 0 Å². The van der Waals surface area contributed by atoms with Crippen LogP contribution in [0.1, 0.15) is 50.3 Å². The van der Waals surface area contributed by atoms with E-state index < -0.39 is 0 Å². The first-order chi connectivity index (χ1) is 9.25. The first kappa shape index (κ1) is 13.0. The Morgan fingerprint density at radius 1 is 1.21 bits per heavy atom. The number of hydrogen-bond acceptors (Lipinski definition) is 3. The minimum Gasteiger partial charge on any atom is -0.311 e. The van der Waals surface area contributed by atoms with Crippen LogP contribution in [0, 0.1) is 5.92 Å². The number of nitrogens with one attached hydrogen (secondary N) is 1. The summed E-state index contributed by atoms with van der Waals surface area (Å²) in [6.45, 7) is 9.00. The zero-order valence-corrected chi connectivity index (χ0v) is 12.3. The summed E-state index contributed by atoms with van der Waals surface area (Å²) in [5, 5.41) is 5.98. The molecule has 0 spiro atoms. The Balaban J connectivity index is 1.95. The van der Waals surface area contributed by atoms with Gasteiger partial charge in [-0.3, -0.25) is 0 Å². The Labute approximate surface area is 116 Å². The van der Waals surface area contributed by atoms with Crippen LogP contribution < -0.4 is 10.3 Å². The molecule has 0 saturated carbocycles. The summed E-state index contributed by atoms with van der Waals surface area (Å²) in [6, 6.07) is 0. The first-order valence-corrected chi connectivity index (χ1v) is 7.81. The molecule has 4 heteroatoms. The Kier molecular flexibility index (Phi) is 3.78. The minimum absolute atomic E-state index is 0.667. The molecule has 106 valence electrons. The summed E-state index contributed by atoms with van der Waals surface area (Å²) < 4.78 is 2.48. The van der Waals surface area contributed by atoms with E-state index in [9.17, 15) is 0 Å². The molecule has 1 aromatic rings. The lowest BCUT2D eigenvalue weighted by Crippen LogP contribution is -2.42. The van der Waals surface area contributed by atoms with Gasteiger partial charge in [0.1, 0.15) is 5.82 Å². The molecule has 1 aromatic heterocycles. The van der Waals surface area contributed by atoms with E-state index in [1.54, 1.807) is 0 Å². The topological polar surface area (TPSA) is 33.1 Å². The lowest BCUT2D eigenvalue weighted by atomic mass is 10.1. The van der Waals surface area contributed by atoms with E-state index in [0.29, 0.717) is 5.92 Å². The fraction of sp³-hybridized carbons (Fsp3) is 0.800. The largest absolute Gasteiger partial charge is 0.311 e. The summed E-state index contributed by atoms with van der Waals surface area (Å²) in [5.41, 5.74) is 2.75. The van der Waals surface area contributed by atoms with Gasteiger partial charge in [0, 0.05) is 39.0 Å². The molecular weight excluding hydrogens is 236 g/mol. The van der Waals surface area contributed by atoms with Crippen molar-refractivity contribution < 1.29 is 0 Å². The lowest BCUT2D eigenvalue weighted by molar-refractivity contribution is 0.445. The van der Waals surface area contributed by atoms with Crippen molar-refractivity contribution in [1.29, 1.82) is 0 Å². The van der Waals surface area contributed by atoms with E-state index in [0.717, 1.165) is 25.9 Å². The summed E-state index contributed by atoms with van der Waals surface area (Å²) in [6.07, 6.45) is 6.24. The highest BCUT2D eigenvalue weighted by Gasteiger charge is 2.24. The van der Waals surface area contributed by atoms with Gasteiger partial charge in [0.25, 0.3) is 0 Å². The summed E-state index contributed by atoms with van der Waals surface area (Å²) in [4.78, 5) is 4.92. The number of fused-ring (bicyclic) bond motifs is 1. The van der Waals surface area contributed by atoms with Crippen molar-refractivity contribution >= 4 is 0 Å². The second-order valence-corrected chi connectivity index (χ2v) is 6.27. The van der Waals surface area contributed by atoms with Crippen molar-refractivity contribution in [2.24, 2.45) is 5.92 Å². The number of nitrogens with zero attached hydrogens (tertiary/aromatic N) is 3. The van der Waals surface area contributed by atoms with Gasteiger partial charge < -0.3 is 10.3 Å². The second kappa shape index (κ2) is 5.53. The van der Waals surface area contributed by atoms with Gasteiger partial charge in [0.15, 0.2) is 0 Å². The number of piperidine rings is 1. The van der Waals surface area contributed by atoms with Crippen LogP contribution in [0.15, 0.2) is 0 Å². The maximum absolute atomic E-state index is 4.92. The lowest BCUT2D eigenvalue weighted by Gasteiger charge is -2.33. The Morgan fingerprint density at radius 3 is 2.74 bits per heavy atom. The van der Waals surface area contributed by atoms with Crippen molar-refractivity contribution in [3.63, 3.8) is 0 Å². The molecule has 2 aliphatic rings. The monoisotopic (exact) mass is 262 g/mol. The average Bonchev–Trinajstić information content (AvgIpc) is 2.76. The minimum atomic E-state index is 0.667. The van der Waals surface area contributed by atoms with Crippen LogP contribution in [0.4, 0.5) is 0 Å². The van der Waals surface area contributed by atoms with Crippen LogP contribution in [-0.4, -0.2) is 29.3 Å². The quantitative estimate of drug-likeness (QED) is 0.902. The van der Waals surface area contributed by atoms with Gasteiger partial charge in [-0.1, -0.05) is 13.8 Å². The van der Waals surface area contributed by atoms with Crippen molar-refractivity contribution in [3.8, 4) is 0 Å². The predicted octanol–water partition coefficient (Wildman–Crippen LogP) is 1.85. The molecule has 4 nitrogen and oxygen atoms in total. The van der Waals surface area contributed by atoms with E-state index in [2.05, 4.69) is 28.8 Å². The van der Waals surface area contributed by atoms with Crippen molar-refractivity contribution in [2.45, 2.75) is 52.5 Å². The molecular formula is C15H26N4. The standard InChI is InChI=1S/C15H26N4/c1-12(2)10-15-17-13-11-16-7-6-14(13)19(15)18-8-4-3-5-9-18/h12,16H,3-11H2,1-2H3. The molecule has 0 radical (unpaired) electrons. The predicted molar refractivity (Wildman–Crippen MR) is 78.0 cm³/mol. The molecule has 1 fully saturated rings. The van der Waals surface area contributed by atoms with E-state index in [1.165, 1.54) is 49.6 Å². The van der Waals surface area contributed by atoms with Gasteiger partial charge in [-0.05, 0) is 25.2 Å². The normalized spacial score (nSPS) is 19.8. The molecule has 1 N–H and O–H groups in total. The van der Waals surface area contributed by atoms with Gasteiger partial charge in [-0.25, -0.2) is 9.66 Å².